The summed E-state index contributed by atoms with van der Waals surface area (Å²) in [6.45, 7) is 0.256. The Labute approximate surface area is 99.9 Å². The van der Waals surface area contributed by atoms with Crippen molar-refractivity contribution in [3.05, 3.63) is 35.4 Å². The molecule has 88 valence electrons. The molecule has 0 heterocycles. The lowest BCUT2D eigenvalue weighted by Crippen LogP contribution is -2.47. The average molecular weight is 230 g/mol. The second-order valence-electron chi connectivity index (χ2n) is 4.42. The minimum atomic E-state index is -0.739. The van der Waals surface area contributed by atoms with Gasteiger partial charge in [0.1, 0.15) is 0 Å². The van der Waals surface area contributed by atoms with E-state index in [1.54, 1.807) is 24.3 Å². The number of hydrogen-bond acceptors (Lipinski definition) is 3. The zero-order valence-corrected chi connectivity index (χ0v) is 9.44. The number of aliphatic hydroxyl groups is 1. The van der Waals surface area contributed by atoms with Gasteiger partial charge in [0.25, 0.3) is 5.91 Å². The maximum Gasteiger partial charge on any atom is 0.252 e. The molecule has 0 bridgehead atoms. The Morgan fingerprint density at radius 3 is 2.76 bits per heavy atom. The van der Waals surface area contributed by atoms with Crippen LogP contribution in [0.3, 0.4) is 0 Å². The van der Waals surface area contributed by atoms with Crippen LogP contribution in [0.5, 0.6) is 0 Å². The number of nitrogens with one attached hydrogen (secondary N) is 1. The van der Waals surface area contributed by atoms with Gasteiger partial charge in [-0.2, -0.15) is 5.26 Å². The second-order valence-corrected chi connectivity index (χ2v) is 4.42. The fraction of sp³-hybridized carbons (Fsp3) is 0.385. The van der Waals surface area contributed by atoms with E-state index in [2.05, 4.69) is 5.32 Å². The van der Waals surface area contributed by atoms with E-state index < -0.39 is 5.60 Å². The zero-order valence-electron chi connectivity index (χ0n) is 9.44. The Morgan fingerprint density at radius 1 is 1.47 bits per heavy atom. The highest BCUT2D eigenvalue weighted by Gasteiger charge is 2.34. The normalized spacial score (nSPS) is 16.7. The summed E-state index contributed by atoms with van der Waals surface area (Å²) in [6.07, 6.45) is 2.46. The number of rotatable bonds is 3. The Bertz CT molecular complexity index is 473. The molecule has 1 aliphatic rings. The third kappa shape index (κ3) is 2.45. The van der Waals surface area contributed by atoms with Crippen LogP contribution in [0, 0.1) is 11.3 Å². The highest BCUT2D eigenvalue weighted by molar-refractivity contribution is 5.96. The van der Waals surface area contributed by atoms with Crippen LogP contribution in [-0.4, -0.2) is 23.2 Å². The standard InChI is InChI=1S/C13H14N2O2/c14-8-10-4-1-2-5-11(10)12(16)15-9-13(17)6-3-7-13/h1-2,4-5,17H,3,6-7,9H2,(H,15,16). The van der Waals surface area contributed by atoms with Gasteiger partial charge in [-0.1, -0.05) is 12.1 Å². The van der Waals surface area contributed by atoms with Gasteiger partial charge in [-0.25, -0.2) is 0 Å². The molecule has 1 aliphatic carbocycles. The second kappa shape index (κ2) is 4.56. The number of benzene rings is 1. The van der Waals surface area contributed by atoms with Gasteiger partial charge >= 0.3 is 0 Å². The third-order valence-electron chi connectivity index (χ3n) is 3.15. The first kappa shape index (κ1) is 11.6. The topological polar surface area (TPSA) is 73.1 Å². The molecule has 4 nitrogen and oxygen atoms in total. The van der Waals surface area contributed by atoms with Gasteiger partial charge in [0, 0.05) is 6.54 Å². The van der Waals surface area contributed by atoms with Gasteiger partial charge in [-0.3, -0.25) is 4.79 Å². The average Bonchev–Trinajstić information content (AvgIpc) is 2.33. The quantitative estimate of drug-likeness (QED) is 0.819. The van der Waals surface area contributed by atoms with Gasteiger partial charge in [-0.15, -0.1) is 0 Å². The lowest BCUT2D eigenvalue weighted by Gasteiger charge is -2.36. The summed E-state index contributed by atoms with van der Waals surface area (Å²) in [7, 11) is 0. The Hall–Kier alpha value is -1.86. The summed E-state index contributed by atoms with van der Waals surface area (Å²) in [4.78, 5) is 11.8. The van der Waals surface area contributed by atoms with E-state index in [4.69, 9.17) is 5.26 Å². The molecule has 4 heteroatoms. The van der Waals surface area contributed by atoms with Crippen molar-refractivity contribution in [1.82, 2.24) is 5.32 Å². The van der Waals surface area contributed by atoms with Crippen molar-refractivity contribution >= 4 is 5.91 Å². The molecule has 1 saturated carbocycles. The first-order valence-electron chi connectivity index (χ1n) is 5.64. The van der Waals surface area contributed by atoms with Crippen LogP contribution < -0.4 is 5.32 Å². The van der Waals surface area contributed by atoms with E-state index in [1.165, 1.54) is 0 Å². The summed E-state index contributed by atoms with van der Waals surface area (Å²) in [5.74, 6) is -0.303. The molecule has 1 amide bonds. The molecule has 0 spiro atoms. The fourth-order valence-corrected chi connectivity index (χ4v) is 1.88. The van der Waals surface area contributed by atoms with Crippen LogP contribution in [0.25, 0.3) is 0 Å². The molecular weight excluding hydrogens is 216 g/mol. The number of carbonyl (C=O) groups is 1. The molecule has 0 aliphatic heterocycles. The van der Waals surface area contributed by atoms with E-state index in [-0.39, 0.29) is 12.5 Å². The summed E-state index contributed by atoms with van der Waals surface area (Å²) >= 11 is 0. The molecule has 0 unspecified atom stereocenters. The maximum absolute atomic E-state index is 11.8. The Kier molecular flexibility index (Phi) is 3.12. The first-order valence-corrected chi connectivity index (χ1v) is 5.64. The summed E-state index contributed by atoms with van der Waals surface area (Å²) in [5, 5.41) is 21.4. The van der Waals surface area contributed by atoms with Gasteiger partial charge in [-0.05, 0) is 31.4 Å². The molecule has 2 rings (SSSR count). The summed E-state index contributed by atoms with van der Waals surface area (Å²) < 4.78 is 0. The zero-order chi connectivity index (χ0) is 12.3. The van der Waals surface area contributed by atoms with Crippen LogP contribution in [0.4, 0.5) is 0 Å². The van der Waals surface area contributed by atoms with Gasteiger partial charge in [0.05, 0.1) is 22.8 Å². The molecule has 1 fully saturated rings. The lowest BCUT2D eigenvalue weighted by molar-refractivity contribution is -0.0300. The Morgan fingerprint density at radius 2 is 2.18 bits per heavy atom. The molecule has 0 aromatic heterocycles. The minimum absolute atomic E-state index is 0.256. The molecule has 0 saturated heterocycles. The molecule has 1 aromatic carbocycles. The predicted molar refractivity (Wildman–Crippen MR) is 62.3 cm³/mol. The minimum Gasteiger partial charge on any atom is -0.388 e. The van der Waals surface area contributed by atoms with Crippen LogP contribution >= 0.6 is 0 Å². The number of nitriles is 1. The number of amides is 1. The van der Waals surface area contributed by atoms with Crippen LogP contribution in [0.1, 0.15) is 35.2 Å². The van der Waals surface area contributed by atoms with Crippen molar-refractivity contribution in [1.29, 1.82) is 5.26 Å². The largest absolute Gasteiger partial charge is 0.388 e. The SMILES string of the molecule is N#Cc1ccccc1C(=O)NCC1(O)CCC1. The molecule has 17 heavy (non-hydrogen) atoms. The van der Waals surface area contributed by atoms with Crippen molar-refractivity contribution in [3.8, 4) is 6.07 Å². The van der Waals surface area contributed by atoms with Crippen LogP contribution in [0.15, 0.2) is 24.3 Å². The predicted octanol–water partition coefficient (Wildman–Crippen LogP) is 1.20. The molecule has 0 atom stereocenters. The fourth-order valence-electron chi connectivity index (χ4n) is 1.88. The first-order chi connectivity index (χ1) is 8.14. The third-order valence-corrected chi connectivity index (χ3v) is 3.15. The number of nitrogens with zero attached hydrogens (tertiary/aromatic N) is 1. The number of carbonyl (C=O) groups excluding carboxylic acids is 1. The molecule has 1 aromatic rings. The van der Waals surface area contributed by atoms with Crippen LogP contribution in [-0.2, 0) is 0 Å². The van der Waals surface area contributed by atoms with Gasteiger partial charge < -0.3 is 10.4 Å². The van der Waals surface area contributed by atoms with Crippen molar-refractivity contribution in [2.75, 3.05) is 6.54 Å². The van der Waals surface area contributed by atoms with Gasteiger partial charge in [0.15, 0.2) is 0 Å². The van der Waals surface area contributed by atoms with Gasteiger partial charge in [0.2, 0.25) is 0 Å². The lowest BCUT2D eigenvalue weighted by atomic mass is 9.80. The summed E-state index contributed by atoms with van der Waals surface area (Å²) in [6, 6.07) is 8.63. The van der Waals surface area contributed by atoms with Crippen LogP contribution in [0.2, 0.25) is 0 Å². The van der Waals surface area contributed by atoms with Crippen molar-refractivity contribution in [2.24, 2.45) is 0 Å². The van der Waals surface area contributed by atoms with Crippen molar-refractivity contribution in [2.45, 2.75) is 24.9 Å². The highest BCUT2D eigenvalue weighted by atomic mass is 16.3. The van der Waals surface area contributed by atoms with Crippen molar-refractivity contribution < 1.29 is 9.90 Å². The number of hydrogen-bond donors (Lipinski definition) is 2. The molecule has 2 N–H and O–H groups in total. The molecular formula is C13H14N2O2. The van der Waals surface area contributed by atoms with E-state index in [1.807, 2.05) is 6.07 Å². The van der Waals surface area contributed by atoms with E-state index >= 15 is 0 Å². The van der Waals surface area contributed by atoms with E-state index in [9.17, 15) is 9.90 Å². The monoisotopic (exact) mass is 230 g/mol. The highest BCUT2D eigenvalue weighted by Crippen LogP contribution is 2.30. The Balaban J connectivity index is 2.02. The summed E-state index contributed by atoms with van der Waals surface area (Å²) in [5.41, 5.74) is -0.0272. The maximum atomic E-state index is 11.8. The van der Waals surface area contributed by atoms with E-state index in [0.29, 0.717) is 11.1 Å². The van der Waals surface area contributed by atoms with Crippen molar-refractivity contribution in [3.63, 3.8) is 0 Å². The molecule has 0 radical (unpaired) electrons. The smallest absolute Gasteiger partial charge is 0.252 e. The van der Waals surface area contributed by atoms with E-state index in [0.717, 1.165) is 19.3 Å².